The van der Waals surface area contributed by atoms with Gasteiger partial charge in [-0.1, -0.05) is 25.0 Å². The number of nitrogens with zero attached hydrogens (tertiary/aromatic N) is 1. The van der Waals surface area contributed by atoms with E-state index in [0.29, 0.717) is 23.8 Å². The average Bonchev–Trinajstić information content (AvgIpc) is 3.04. The zero-order chi connectivity index (χ0) is 12.8. The predicted octanol–water partition coefficient (Wildman–Crippen LogP) is 1.76. The fraction of sp³-hybridized carbons (Fsp3) is 0.538. The summed E-state index contributed by atoms with van der Waals surface area (Å²) < 4.78 is 26.2. The van der Waals surface area contributed by atoms with Crippen molar-refractivity contribution in [1.82, 2.24) is 0 Å². The van der Waals surface area contributed by atoms with Gasteiger partial charge in [0.2, 0.25) is 10.0 Å². The molecule has 98 valence electrons. The lowest BCUT2D eigenvalue weighted by Gasteiger charge is -2.20. The van der Waals surface area contributed by atoms with Gasteiger partial charge in [-0.3, -0.25) is 4.31 Å². The molecule has 2 N–H and O–H groups in total. The van der Waals surface area contributed by atoms with Gasteiger partial charge in [0.05, 0.1) is 17.1 Å². The molecule has 0 saturated heterocycles. The molecule has 1 fully saturated rings. The molecule has 1 aromatic rings. The van der Waals surface area contributed by atoms with E-state index in [9.17, 15) is 8.42 Å². The maximum Gasteiger partial charge on any atom is 0.235 e. The van der Waals surface area contributed by atoms with E-state index in [1.807, 2.05) is 12.1 Å². The second-order valence-corrected chi connectivity index (χ2v) is 7.24. The lowest BCUT2D eigenvalue weighted by atomic mass is 10.1. The van der Waals surface area contributed by atoms with E-state index in [1.165, 1.54) is 17.1 Å². The van der Waals surface area contributed by atoms with Crippen molar-refractivity contribution >= 4 is 21.4 Å². The molecule has 0 bridgehead atoms. The van der Waals surface area contributed by atoms with Gasteiger partial charge in [0, 0.05) is 6.54 Å². The van der Waals surface area contributed by atoms with E-state index in [2.05, 4.69) is 0 Å². The largest absolute Gasteiger partial charge is 0.397 e. The van der Waals surface area contributed by atoms with Crippen LogP contribution in [0.2, 0.25) is 0 Å². The van der Waals surface area contributed by atoms with Crippen molar-refractivity contribution in [3.8, 4) is 0 Å². The fourth-order valence-electron chi connectivity index (χ4n) is 2.56. The minimum Gasteiger partial charge on any atom is -0.397 e. The molecule has 1 aromatic carbocycles. The Morgan fingerprint density at radius 2 is 2.11 bits per heavy atom. The van der Waals surface area contributed by atoms with Gasteiger partial charge in [-0.05, 0) is 30.4 Å². The Morgan fingerprint density at radius 1 is 1.33 bits per heavy atom. The fourth-order valence-corrected chi connectivity index (χ4v) is 4.28. The van der Waals surface area contributed by atoms with E-state index >= 15 is 0 Å². The van der Waals surface area contributed by atoms with Crippen LogP contribution >= 0.6 is 0 Å². The summed E-state index contributed by atoms with van der Waals surface area (Å²) in [6, 6.07) is 5.62. The van der Waals surface area contributed by atoms with Gasteiger partial charge in [0.1, 0.15) is 0 Å². The highest BCUT2D eigenvalue weighted by Crippen LogP contribution is 2.37. The van der Waals surface area contributed by atoms with Crippen LogP contribution in [0.5, 0.6) is 0 Å². The third kappa shape index (κ3) is 2.07. The third-order valence-corrected chi connectivity index (χ3v) is 5.59. The average molecular weight is 266 g/mol. The lowest BCUT2D eigenvalue weighted by molar-refractivity contribution is 0.586. The summed E-state index contributed by atoms with van der Waals surface area (Å²) >= 11 is 0. The van der Waals surface area contributed by atoms with Gasteiger partial charge in [0.15, 0.2) is 0 Å². The monoisotopic (exact) mass is 266 g/mol. The van der Waals surface area contributed by atoms with Crippen molar-refractivity contribution < 1.29 is 8.42 Å². The SMILES string of the molecule is Nc1cccc2c1N(S(=O)(=O)CCC1CC1)CC2. The van der Waals surface area contributed by atoms with Crippen molar-refractivity contribution in [2.75, 3.05) is 22.3 Å². The first-order valence-corrected chi connectivity index (χ1v) is 8.06. The van der Waals surface area contributed by atoms with Crippen LogP contribution in [0, 0.1) is 5.92 Å². The summed E-state index contributed by atoms with van der Waals surface area (Å²) in [5.41, 5.74) is 8.25. The molecule has 2 aliphatic rings. The van der Waals surface area contributed by atoms with Crippen LogP contribution in [0.3, 0.4) is 0 Å². The molecule has 0 aromatic heterocycles. The minimum absolute atomic E-state index is 0.255. The maximum absolute atomic E-state index is 12.4. The van der Waals surface area contributed by atoms with Crippen molar-refractivity contribution in [3.63, 3.8) is 0 Å². The predicted molar refractivity (Wildman–Crippen MR) is 73.0 cm³/mol. The van der Waals surface area contributed by atoms with Crippen LogP contribution in [0.25, 0.3) is 0 Å². The number of anilines is 2. The summed E-state index contributed by atoms with van der Waals surface area (Å²) in [6.45, 7) is 0.538. The van der Waals surface area contributed by atoms with Crippen LogP contribution in [0.4, 0.5) is 11.4 Å². The van der Waals surface area contributed by atoms with Gasteiger partial charge in [-0.25, -0.2) is 8.42 Å². The molecule has 4 nitrogen and oxygen atoms in total. The Labute approximate surface area is 108 Å². The molecule has 18 heavy (non-hydrogen) atoms. The molecule has 0 spiro atoms. The topological polar surface area (TPSA) is 63.4 Å². The van der Waals surface area contributed by atoms with Crippen LogP contribution < -0.4 is 10.0 Å². The lowest BCUT2D eigenvalue weighted by Crippen LogP contribution is -2.32. The van der Waals surface area contributed by atoms with E-state index < -0.39 is 10.0 Å². The molecule has 3 rings (SSSR count). The number of hydrogen-bond donors (Lipinski definition) is 1. The van der Waals surface area contributed by atoms with Gasteiger partial charge in [-0.2, -0.15) is 0 Å². The standard InChI is InChI=1S/C13H18N2O2S/c14-12-3-1-2-11-6-8-15(13(11)12)18(16,17)9-7-10-4-5-10/h1-3,10H,4-9,14H2. The Balaban J connectivity index is 1.86. The number of benzene rings is 1. The Morgan fingerprint density at radius 3 is 2.83 bits per heavy atom. The molecule has 0 radical (unpaired) electrons. The summed E-state index contributed by atoms with van der Waals surface area (Å²) in [7, 11) is -3.20. The molecule has 1 heterocycles. The number of sulfonamides is 1. The zero-order valence-electron chi connectivity index (χ0n) is 10.3. The summed E-state index contributed by atoms with van der Waals surface area (Å²) in [6.07, 6.45) is 3.94. The van der Waals surface area contributed by atoms with Crippen LogP contribution in [0.1, 0.15) is 24.8 Å². The van der Waals surface area contributed by atoms with E-state index in [0.717, 1.165) is 18.4 Å². The van der Waals surface area contributed by atoms with Crippen molar-refractivity contribution in [3.05, 3.63) is 23.8 Å². The highest BCUT2D eigenvalue weighted by atomic mass is 32.2. The van der Waals surface area contributed by atoms with E-state index in [1.54, 1.807) is 6.07 Å². The Bertz CT molecular complexity index is 564. The van der Waals surface area contributed by atoms with Crippen molar-refractivity contribution in [1.29, 1.82) is 0 Å². The highest BCUT2D eigenvalue weighted by Gasteiger charge is 2.32. The van der Waals surface area contributed by atoms with E-state index in [4.69, 9.17) is 5.73 Å². The second kappa shape index (κ2) is 4.16. The zero-order valence-corrected chi connectivity index (χ0v) is 11.1. The molecule has 0 unspecified atom stereocenters. The number of fused-ring (bicyclic) bond motifs is 1. The Hall–Kier alpha value is -1.23. The molecule has 0 amide bonds. The summed E-state index contributed by atoms with van der Waals surface area (Å²) in [5.74, 6) is 0.890. The van der Waals surface area contributed by atoms with Gasteiger partial charge in [0.25, 0.3) is 0 Å². The summed E-state index contributed by atoms with van der Waals surface area (Å²) in [4.78, 5) is 0. The molecule has 1 aliphatic heterocycles. The first-order chi connectivity index (χ1) is 8.58. The summed E-state index contributed by atoms with van der Waals surface area (Å²) in [5, 5.41) is 0. The quantitative estimate of drug-likeness (QED) is 0.845. The molecular formula is C13H18N2O2S. The highest BCUT2D eigenvalue weighted by molar-refractivity contribution is 7.92. The van der Waals surface area contributed by atoms with Crippen LogP contribution in [-0.4, -0.2) is 20.7 Å². The number of rotatable bonds is 4. The third-order valence-electron chi connectivity index (χ3n) is 3.80. The first-order valence-electron chi connectivity index (χ1n) is 6.46. The van der Waals surface area contributed by atoms with Gasteiger partial charge < -0.3 is 5.73 Å². The number of nitrogen functional groups attached to an aromatic ring is 1. The molecule has 5 heteroatoms. The second-order valence-electron chi connectivity index (χ2n) is 5.23. The minimum atomic E-state index is -3.20. The van der Waals surface area contributed by atoms with Gasteiger partial charge in [-0.15, -0.1) is 0 Å². The van der Waals surface area contributed by atoms with E-state index in [-0.39, 0.29) is 5.75 Å². The molecule has 1 saturated carbocycles. The maximum atomic E-state index is 12.4. The van der Waals surface area contributed by atoms with Crippen molar-refractivity contribution in [2.45, 2.75) is 25.7 Å². The van der Waals surface area contributed by atoms with Crippen LogP contribution in [0.15, 0.2) is 18.2 Å². The normalized spacial score (nSPS) is 19.0. The molecule has 1 aliphatic carbocycles. The number of nitrogens with two attached hydrogens (primary N) is 1. The Kier molecular flexibility index (Phi) is 2.73. The molecule has 0 atom stereocenters. The smallest absolute Gasteiger partial charge is 0.235 e. The molecular weight excluding hydrogens is 248 g/mol. The van der Waals surface area contributed by atoms with Gasteiger partial charge >= 0.3 is 0 Å². The number of para-hydroxylation sites is 1. The first kappa shape index (κ1) is 11.8. The van der Waals surface area contributed by atoms with Crippen molar-refractivity contribution in [2.24, 2.45) is 5.92 Å². The van der Waals surface area contributed by atoms with Crippen LogP contribution in [-0.2, 0) is 16.4 Å². The number of hydrogen-bond acceptors (Lipinski definition) is 3.